The summed E-state index contributed by atoms with van der Waals surface area (Å²) in [6, 6.07) is 9.67. The van der Waals surface area contributed by atoms with E-state index in [0.717, 1.165) is 21.0 Å². The van der Waals surface area contributed by atoms with Gasteiger partial charge in [0.2, 0.25) is 0 Å². The lowest BCUT2D eigenvalue weighted by Gasteiger charge is -2.16. The number of anilines is 1. The molecule has 0 radical (unpaired) electrons. The number of benzene rings is 1. The monoisotopic (exact) mass is 291 g/mol. The van der Waals surface area contributed by atoms with Gasteiger partial charge in [-0.05, 0) is 36.1 Å². The molecule has 2 N–H and O–H groups in total. The molecule has 0 bridgehead atoms. The van der Waals surface area contributed by atoms with Gasteiger partial charge in [-0.25, -0.2) is 0 Å². The molecule has 3 nitrogen and oxygen atoms in total. The summed E-state index contributed by atoms with van der Waals surface area (Å²) in [5.74, 6) is -0.339. The van der Waals surface area contributed by atoms with Gasteiger partial charge in [0.1, 0.15) is 6.10 Å². The lowest BCUT2D eigenvalue weighted by molar-refractivity contribution is -0.123. The molecule has 2 heterocycles. The van der Waals surface area contributed by atoms with E-state index in [2.05, 4.69) is 5.32 Å². The Labute approximate surface area is 119 Å². The Morgan fingerprint density at radius 2 is 2.11 bits per heavy atom. The Hall–Kier alpha value is -1.30. The van der Waals surface area contributed by atoms with Crippen LogP contribution in [0.2, 0.25) is 0 Å². The number of aryl methyl sites for hydroxylation is 1. The normalized spacial score (nSPS) is 22.5. The first-order valence-corrected chi connectivity index (χ1v) is 7.71. The fourth-order valence-corrected chi connectivity index (χ4v) is 4.37. The molecule has 98 valence electrons. The summed E-state index contributed by atoms with van der Waals surface area (Å²) in [5, 5.41) is 14.8. The molecule has 1 aliphatic heterocycles. The van der Waals surface area contributed by atoms with E-state index in [0.29, 0.717) is 0 Å². The Morgan fingerprint density at radius 1 is 1.32 bits per heavy atom. The van der Waals surface area contributed by atoms with E-state index in [4.69, 9.17) is 0 Å². The van der Waals surface area contributed by atoms with Crippen LogP contribution in [0.1, 0.15) is 15.7 Å². The Kier molecular flexibility index (Phi) is 3.35. The van der Waals surface area contributed by atoms with Gasteiger partial charge in [-0.3, -0.25) is 4.79 Å². The highest BCUT2D eigenvalue weighted by Gasteiger charge is 2.33. The van der Waals surface area contributed by atoms with Gasteiger partial charge in [0.15, 0.2) is 0 Å². The van der Waals surface area contributed by atoms with Gasteiger partial charge in [0, 0.05) is 9.77 Å². The first-order valence-electron chi connectivity index (χ1n) is 5.95. The molecule has 0 spiro atoms. The third-order valence-electron chi connectivity index (χ3n) is 2.99. The highest BCUT2D eigenvalue weighted by Crippen LogP contribution is 2.45. The summed E-state index contributed by atoms with van der Waals surface area (Å²) in [6.07, 6.45) is -1.03. The number of nitrogens with one attached hydrogen (secondary N) is 1. The second-order valence-electron chi connectivity index (χ2n) is 4.50. The van der Waals surface area contributed by atoms with Crippen molar-refractivity contribution >= 4 is 34.7 Å². The number of thiophene rings is 1. The van der Waals surface area contributed by atoms with E-state index >= 15 is 0 Å². The summed E-state index contributed by atoms with van der Waals surface area (Å²) in [5.41, 5.74) is 1.93. The molecule has 1 aromatic carbocycles. The van der Waals surface area contributed by atoms with Gasteiger partial charge in [-0.1, -0.05) is 12.1 Å². The molecule has 0 unspecified atom stereocenters. The molecule has 3 rings (SSSR count). The van der Waals surface area contributed by atoms with Gasteiger partial charge in [-0.2, -0.15) is 0 Å². The molecular formula is C14H13NO2S2. The van der Waals surface area contributed by atoms with Gasteiger partial charge < -0.3 is 10.4 Å². The highest BCUT2D eigenvalue weighted by molar-refractivity contribution is 8.00. The lowest BCUT2D eigenvalue weighted by atomic mass is 10.2. The minimum Gasteiger partial charge on any atom is -0.382 e. The first kappa shape index (κ1) is 12.7. The number of thioether (sulfide) groups is 1. The number of aliphatic hydroxyl groups is 1. The molecule has 0 saturated heterocycles. The van der Waals surface area contributed by atoms with Crippen molar-refractivity contribution in [3.05, 3.63) is 46.2 Å². The molecule has 1 aromatic heterocycles. The van der Waals surface area contributed by atoms with E-state index < -0.39 is 6.10 Å². The fraction of sp³-hybridized carbons (Fsp3) is 0.214. The number of fused-ring (bicyclic) bond motifs is 1. The molecule has 0 aliphatic carbocycles. The standard InChI is InChI=1S/C14H13NO2S2/c1-8-6-11(18-7-8)13-12(16)14(17)15-9-4-2-3-5-10(9)19-13/h2-7,12-13,16H,1H3,(H,15,17)/t12-,13+/m1/s1. The van der Waals surface area contributed by atoms with Crippen LogP contribution in [0, 0.1) is 6.92 Å². The van der Waals surface area contributed by atoms with Gasteiger partial charge >= 0.3 is 0 Å². The molecule has 2 aromatic rings. The third kappa shape index (κ3) is 2.41. The van der Waals surface area contributed by atoms with Crippen molar-refractivity contribution < 1.29 is 9.90 Å². The Morgan fingerprint density at radius 3 is 2.84 bits per heavy atom. The van der Waals surface area contributed by atoms with Gasteiger partial charge in [0.05, 0.1) is 10.9 Å². The predicted octanol–water partition coefficient (Wildman–Crippen LogP) is 3.20. The average Bonchev–Trinajstić information content (AvgIpc) is 2.78. The molecule has 2 atom stereocenters. The number of hydrogen-bond donors (Lipinski definition) is 2. The smallest absolute Gasteiger partial charge is 0.254 e. The Balaban J connectivity index is 2.02. The zero-order valence-corrected chi connectivity index (χ0v) is 11.9. The van der Waals surface area contributed by atoms with Crippen molar-refractivity contribution in [2.24, 2.45) is 0 Å². The van der Waals surface area contributed by atoms with Crippen LogP contribution in [-0.2, 0) is 4.79 Å². The fourth-order valence-electron chi connectivity index (χ4n) is 2.03. The van der Waals surface area contributed by atoms with Gasteiger partial charge in [-0.15, -0.1) is 23.1 Å². The summed E-state index contributed by atoms with van der Waals surface area (Å²) in [6.45, 7) is 2.02. The lowest BCUT2D eigenvalue weighted by Crippen LogP contribution is -2.30. The first-order chi connectivity index (χ1) is 9.15. The van der Waals surface area contributed by atoms with E-state index in [1.807, 2.05) is 42.6 Å². The summed E-state index contributed by atoms with van der Waals surface area (Å²) >= 11 is 3.12. The van der Waals surface area contributed by atoms with Crippen molar-refractivity contribution in [3.8, 4) is 0 Å². The predicted molar refractivity (Wildman–Crippen MR) is 78.7 cm³/mol. The minimum absolute atomic E-state index is 0.248. The van der Waals surface area contributed by atoms with Crippen LogP contribution in [0.5, 0.6) is 0 Å². The molecule has 0 fully saturated rings. The van der Waals surface area contributed by atoms with Crippen molar-refractivity contribution in [1.29, 1.82) is 0 Å². The quantitative estimate of drug-likeness (QED) is 0.848. The Bertz CT molecular complexity index is 623. The zero-order chi connectivity index (χ0) is 13.4. The zero-order valence-electron chi connectivity index (χ0n) is 10.3. The summed E-state index contributed by atoms with van der Waals surface area (Å²) in [4.78, 5) is 14.0. The number of carbonyl (C=O) groups is 1. The van der Waals surface area contributed by atoms with E-state index in [1.165, 1.54) is 11.8 Å². The molecule has 19 heavy (non-hydrogen) atoms. The number of rotatable bonds is 1. The minimum atomic E-state index is -1.03. The van der Waals surface area contributed by atoms with Crippen molar-refractivity contribution in [2.75, 3.05) is 5.32 Å². The molecule has 5 heteroatoms. The molecule has 0 saturated carbocycles. The van der Waals surface area contributed by atoms with Gasteiger partial charge in [0.25, 0.3) is 5.91 Å². The molecule has 1 aliphatic rings. The van der Waals surface area contributed by atoms with E-state index in [-0.39, 0.29) is 11.2 Å². The topological polar surface area (TPSA) is 49.3 Å². The average molecular weight is 291 g/mol. The summed E-state index contributed by atoms with van der Waals surface area (Å²) < 4.78 is 0. The maximum Gasteiger partial charge on any atom is 0.254 e. The van der Waals surface area contributed by atoms with Crippen LogP contribution in [0.15, 0.2) is 40.6 Å². The van der Waals surface area contributed by atoms with Crippen molar-refractivity contribution in [3.63, 3.8) is 0 Å². The second-order valence-corrected chi connectivity index (χ2v) is 6.62. The number of amides is 1. The number of para-hydroxylation sites is 1. The maximum atomic E-state index is 12.0. The SMILES string of the molecule is Cc1csc([C@@H]2Sc3ccccc3NC(=O)[C@@H]2O)c1. The van der Waals surface area contributed by atoms with Crippen LogP contribution >= 0.6 is 23.1 Å². The van der Waals surface area contributed by atoms with Crippen LogP contribution in [0.25, 0.3) is 0 Å². The number of aliphatic hydroxyl groups excluding tert-OH is 1. The second kappa shape index (κ2) is 5.00. The van der Waals surface area contributed by atoms with Crippen molar-refractivity contribution in [2.45, 2.75) is 23.2 Å². The number of carbonyl (C=O) groups excluding carboxylic acids is 1. The number of hydrogen-bond acceptors (Lipinski definition) is 4. The van der Waals surface area contributed by atoms with Crippen LogP contribution < -0.4 is 5.32 Å². The highest BCUT2D eigenvalue weighted by atomic mass is 32.2. The largest absolute Gasteiger partial charge is 0.382 e. The molecule has 1 amide bonds. The van der Waals surface area contributed by atoms with E-state index in [1.54, 1.807) is 11.3 Å². The van der Waals surface area contributed by atoms with Crippen molar-refractivity contribution in [1.82, 2.24) is 0 Å². The molecular weight excluding hydrogens is 278 g/mol. The third-order valence-corrected chi connectivity index (χ3v) is 5.64. The van der Waals surface area contributed by atoms with Crippen LogP contribution in [-0.4, -0.2) is 17.1 Å². The van der Waals surface area contributed by atoms with Crippen LogP contribution in [0.4, 0.5) is 5.69 Å². The summed E-state index contributed by atoms with van der Waals surface area (Å²) in [7, 11) is 0. The van der Waals surface area contributed by atoms with Crippen LogP contribution in [0.3, 0.4) is 0 Å². The van der Waals surface area contributed by atoms with E-state index in [9.17, 15) is 9.90 Å². The maximum absolute atomic E-state index is 12.0.